The fourth-order valence-electron chi connectivity index (χ4n) is 4.77. The molecule has 0 bridgehead atoms. The lowest BCUT2D eigenvalue weighted by molar-refractivity contribution is -0.153. The summed E-state index contributed by atoms with van der Waals surface area (Å²) in [6.45, 7) is 8.45. The summed E-state index contributed by atoms with van der Waals surface area (Å²) in [5.74, 6) is 0.692. The molecule has 0 spiro atoms. The molecule has 1 saturated carbocycles. The fourth-order valence-corrected chi connectivity index (χ4v) is 4.77. The van der Waals surface area contributed by atoms with E-state index in [1.54, 1.807) is 0 Å². The third-order valence-electron chi connectivity index (χ3n) is 6.13. The summed E-state index contributed by atoms with van der Waals surface area (Å²) in [6, 6.07) is 0. The first-order valence-electron chi connectivity index (χ1n) is 9.25. The summed E-state index contributed by atoms with van der Waals surface area (Å²) in [5.41, 5.74) is 2.64. The average molecular weight is 334 g/mol. The molecule has 3 aliphatic rings. The molecule has 2 N–H and O–H groups in total. The Bertz CT molecular complexity index is 572. The minimum Gasteiger partial charge on any atom is -0.428 e. The van der Waals surface area contributed by atoms with Crippen molar-refractivity contribution in [3.8, 4) is 0 Å². The van der Waals surface area contributed by atoms with Crippen LogP contribution >= 0.6 is 0 Å². The molecule has 1 fully saturated rings. The monoisotopic (exact) mass is 334 g/mol. The Balaban J connectivity index is 1.91. The van der Waals surface area contributed by atoms with E-state index in [0.717, 1.165) is 25.7 Å². The first-order chi connectivity index (χ1) is 11.3. The molecule has 0 saturated heterocycles. The van der Waals surface area contributed by atoms with Crippen LogP contribution in [0.5, 0.6) is 0 Å². The molecule has 1 heterocycles. The second-order valence-electron chi connectivity index (χ2n) is 8.27. The normalized spacial score (nSPS) is 39.3. The van der Waals surface area contributed by atoms with Crippen LogP contribution in [0.2, 0.25) is 0 Å². The number of allylic oxidation sites excluding steroid dienone is 2. The number of carbonyl (C=O) groups is 1. The zero-order valence-corrected chi connectivity index (χ0v) is 15.2. The predicted molar refractivity (Wildman–Crippen MR) is 91.8 cm³/mol. The number of fused-ring (bicyclic) bond motifs is 2. The van der Waals surface area contributed by atoms with Gasteiger partial charge < -0.3 is 14.9 Å². The predicted octanol–water partition coefficient (Wildman–Crippen LogP) is 3.19. The van der Waals surface area contributed by atoms with Gasteiger partial charge in [0, 0.05) is 17.1 Å². The van der Waals surface area contributed by atoms with Crippen molar-refractivity contribution in [3.63, 3.8) is 0 Å². The minimum atomic E-state index is -1.17. The molecule has 0 aromatic carbocycles. The van der Waals surface area contributed by atoms with Gasteiger partial charge in [-0.15, -0.1) is 0 Å². The van der Waals surface area contributed by atoms with Crippen molar-refractivity contribution in [2.45, 2.75) is 65.8 Å². The second-order valence-corrected chi connectivity index (χ2v) is 8.27. The number of cyclic esters (lactones) is 1. The van der Waals surface area contributed by atoms with Crippen LogP contribution in [0.15, 0.2) is 22.8 Å². The van der Waals surface area contributed by atoms with Crippen molar-refractivity contribution in [3.05, 3.63) is 22.8 Å². The SMILES string of the molecule is CC(C)=CCC[C@H](C)[C@@H]1C2=C(C(=O)O[C@H]2O)[C@@H]2C[C@@H]2[C@@H](C)C[C@@H]1O. The van der Waals surface area contributed by atoms with E-state index in [9.17, 15) is 15.0 Å². The molecule has 0 amide bonds. The maximum Gasteiger partial charge on any atom is 0.337 e. The van der Waals surface area contributed by atoms with E-state index in [4.69, 9.17) is 4.74 Å². The number of rotatable bonds is 4. The first-order valence-corrected chi connectivity index (χ1v) is 9.25. The van der Waals surface area contributed by atoms with Crippen molar-refractivity contribution in [1.29, 1.82) is 0 Å². The second kappa shape index (κ2) is 6.64. The Morgan fingerprint density at radius 3 is 2.71 bits per heavy atom. The van der Waals surface area contributed by atoms with Gasteiger partial charge in [0.2, 0.25) is 6.29 Å². The highest BCUT2D eigenvalue weighted by Gasteiger charge is 2.54. The van der Waals surface area contributed by atoms with Crippen molar-refractivity contribution >= 4 is 5.97 Å². The van der Waals surface area contributed by atoms with E-state index >= 15 is 0 Å². The van der Waals surface area contributed by atoms with Crippen LogP contribution in [0.25, 0.3) is 0 Å². The van der Waals surface area contributed by atoms with E-state index in [1.165, 1.54) is 5.57 Å². The number of esters is 1. The van der Waals surface area contributed by atoms with E-state index in [1.807, 2.05) is 0 Å². The summed E-state index contributed by atoms with van der Waals surface area (Å²) in [6.07, 6.45) is 4.08. The van der Waals surface area contributed by atoms with E-state index in [-0.39, 0.29) is 23.7 Å². The molecule has 0 radical (unpaired) electrons. The lowest BCUT2D eigenvalue weighted by atomic mass is 9.73. The van der Waals surface area contributed by atoms with Gasteiger partial charge in [0.05, 0.1) is 6.10 Å². The van der Waals surface area contributed by atoms with Crippen molar-refractivity contribution in [1.82, 2.24) is 0 Å². The van der Waals surface area contributed by atoms with Crippen LogP contribution in [-0.2, 0) is 9.53 Å². The van der Waals surface area contributed by atoms with Gasteiger partial charge in [0.25, 0.3) is 0 Å². The molecule has 24 heavy (non-hydrogen) atoms. The molecule has 3 rings (SSSR count). The number of carbonyl (C=O) groups excluding carboxylic acids is 1. The molecule has 2 aliphatic carbocycles. The highest BCUT2D eigenvalue weighted by Crippen LogP contribution is 2.56. The minimum absolute atomic E-state index is 0.187. The summed E-state index contributed by atoms with van der Waals surface area (Å²) in [4.78, 5) is 12.3. The lowest BCUT2D eigenvalue weighted by Gasteiger charge is -2.34. The summed E-state index contributed by atoms with van der Waals surface area (Å²) in [7, 11) is 0. The molecule has 4 heteroatoms. The van der Waals surface area contributed by atoms with Gasteiger partial charge in [0.1, 0.15) is 0 Å². The highest BCUT2D eigenvalue weighted by molar-refractivity contribution is 5.93. The smallest absolute Gasteiger partial charge is 0.337 e. The van der Waals surface area contributed by atoms with Crippen LogP contribution in [-0.4, -0.2) is 28.6 Å². The lowest BCUT2D eigenvalue weighted by Crippen LogP contribution is -2.35. The zero-order valence-electron chi connectivity index (χ0n) is 15.2. The van der Waals surface area contributed by atoms with Gasteiger partial charge in [0.15, 0.2) is 0 Å². The van der Waals surface area contributed by atoms with Crippen LogP contribution in [0, 0.1) is 29.6 Å². The number of aliphatic hydroxyl groups excluding tert-OH is 2. The zero-order chi connectivity index (χ0) is 17.6. The van der Waals surface area contributed by atoms with Gasteiger partial charge in [-0.05, 0) is 63.2 Å². The first kappa shape index (κ1) is 17.7. The van der Waals surface area contributed by atoms with Gasteiger partial charge in [-0.1, -0.05) is 25.5 Å². The molecule has 7 atom stereocenters. The molecule has 0 unspecified atom stereocenters. The summed E-state index contributed by atoms with van der Waals surface area (Å²) < 4.78 is 5.14. The largest absolute Gasteiger partial charge is 0.428 e. The van der Waals surface area contributed by atoms with Gasteiger partial charge in [-0.25, -0.2) is 4.79 Å². The maximum atomic E-state index is 12.3. The molecule has 0 aromatic heterocycles. The Labute approximate surface area is 144 Å². The topological polar surface area (TPSA) is 66.8 Å². The molecule has 4 nitrogen and oxygen atoms in total. The maximum absolute atomic E-state index is 12.3. The Kier molecular flexibility index (Phi) is 4.89. The average Bonchev–Trinajstić information content (AvgIpc) is 3.19. The molecule has 134 valence electrons. The van der Waals surface area contributed by atoms with Gasteiger partial charge in [-0.3, -0.25) is 0 Å². The standard InChI is InChI=1S/C20H30O4/c1-10(2)6-5-7-11(3)16-15(21)8-12(4)13-9-14(13)17-18(16)20(23)24-19(17)22/h6,11-16,20-21,23H,5,7-9H2,1-4H3/t11-,12-,13+,14+,15-,16-,20+/m0/s1. The van der Waals surface area contributed by atoms with Crippen molar-refractivity contribution in [2.75, 3.05) is 0 Å². The number of hydrogen-bond acceptors (Lipinski definition) is 4. The van der Waals surface area contributed by atoms with Crippen molar-refractivity contribution < 1.29 is 19.7 Å². The quantitative estimate of drug-likeness (QED) is 0.612. The van der Waals surface area contributed by atoms with Crippen LogP contribution in [0.3, 0.4) is 0 Å². The number of aliphatic hydroxyl groups is 2. The van der Waals surface area contributed by atoms with Crippen molar-refractivity contribution in [2.24, 2.45) is 29.6 Å². The van der Waals surface area contributed by atoms with E-state index in [2.05, 4.69) is 33.8 Å². The number of ether oxygens (including phenoxy) is 1. The molecule has 0 aromatic rings. The van der Waals surface area contributed by atoms with Gasteiger partial charge >= 0.3 is 5.97 Å². The van der Waals surface area contributed by atoms with E-state index < -0.39 is 12.4 Å². The van der Waals surface area contributed by atoms with Crippen LogP contribution in [0.4, 0.5) is 0 Å². The molecular weight excluding hydrogens is 304 g/mol. The highest BCUT2D eigenvalue weighted by atomic mass is 16.6. The Hall–Kier alpha value is -1.13. The molecular formula is C20H30O4. The molecule has 1 aliphatic heterocycles. The third-order valence-corrected chi connectivity index (χ3v) is 6.13. The Morgan fingerprint density at radius 2 is 2.04 bits per heavy atom. The Morgan fingerprint density at radius 1 is 1.33 bits per heavy atom. The fraction of sp³-hybridized carbons (Fsp3) is 0.750. The van der Waals surface area contributed by atoms with Gasteiger partial charge in [-0.2, -0.15) is 0 Å². The van der Waals surface area contributed by atoms with Crippen LogP contribution < -0.4 is 0 Å². The number of hydrogen-bond donors (Lipinski definition) is 2. The van der Waals surface area contributed by atoms with E-state index in [0.29, 0.717) is 23.0 Å². The third kappa shape index (κ3) is 3.18. The summed E-state index contributed by atoms with van der Waals surface area (Å²) >= 11 is 0. The van der Waals surface area contributed by atoms with Crippen LogP contribution in [0.1, 0.15) is 53.4 Å². The summed E-state index contributed by atoms with van der Waals surface area (Å²) in [5, 5.41) is 21.2.